The van der Waals surface area contributed by atoms with Gasteiger partial charge in [-0.2, -0.15) is 0 Å². The molecule has 10 rings (SSSR count). The van der Waals surface area contributed by atoms with E-state index in [4.69, 9.17) is 9.97 Å². The predicted octanol–water partition coefficient (Wildman–Crippen LogP) is 11.5. The van der Waals surface area contributed by atoms with Gasteiger partial charge in [-0.15, -0.1) is 0 Å². The van der Waals surface area contributed by atoms with E-state index in [0.29, 0.717) is 0 Å². The maximum Gasteiger partial charge on any atom is 0.160 e. The van der Waals surface area contributed by atoms with Crippen molar-refractivity contribution in [2.24, 2.45) is 0 Å². The van der Waals surface area contributed by atoms with Gasteiger partial charge in [0.15, 0.2) is 5.82 Å². The lowest BCUT2D eigenvalue weighted by atomic mass is 9.67. The van der Waals surface area contributed by atoms with Crippen LogP contribution in [0.25, 0.3) is 55.8 Å². The summed E-state index contributed by atoms with van der Waals surface area (Å²) in [5.41, 5.74) is 14.0. The van der Waals surface area contributed by atoms with Crippen molar-refractivity contribution in [3.63, 3.8) is 0 Å². The van der Waals surface area contributed by atoms with Gasteiger partial charge in [0.25, 0.3) is 0 Å². The summed E-state index contributed by atoms with van der Waals surface area (Å²) < 4.78 is 0. The molecule has 1 aliphatic carbocycles. The molecule has 7 aromatic carbocycles. The minimum Gasteiger partial charge on any atom is -0.228 e. The van der Waals surface area contributed by atoms with Gasteiger partial charge in [-0.25, -0.2) is 9.97 Å². The summed E-state index contributed by atoms with van der Waals surface area (Å²) in [7, 11) is 0. The minimum absolute atomic E-state index is 0.382. The molecule has 1 aliphatic heterocycles. The molecule has 2 aliphatic rings. The summed E-state index contributed by atoms with van der Waals surface area (Å²) in [6.07, 6.45) is 0. The third kappa shape index (κ3) is 3.89. The maximum absolute atomic E-state index is 5.12. The van der Waals surface area contributed by atoms with Crippen molar-refractivity contribution in [3.05, 3.63) is 192 Å². The number of fused-ring (bicyclic) bond motifs is 10. The van der Waals surface area contributed by atoms with Crippen LogP contribution in [0.15, 0.2) is 180 Å². The number of hydrogen-bond acceptors (Lipinski definition) is 3. The molecule has 0 N–H and O–H groups in total. The number of para-hydroxylation sites is 1. The van der Waals surface area contributed by atoms with Crippen LogP contribution < -0.4 is 0 Å². The molecular formula is C45H28N2S. The molecule has 1 spiro atoms. The lowest BCUT2D eigenvalue weighted by molar-refractivity contribution is 0.722. The molecule has 0 unspecified atom stereocenters. The van der Waals surface area contributed by atoms with E-state index in [2.05, 4.69) is 158 Å². The van der Waals surface area contributed by atoms with Crippen molar-refractivity contribution in [1.82, 2.24) is 9.97 Å². The molecule has 0 atom stereocenters. The fourth-order valence-corrected chi connectivity index (χ4v) is 9.16. The topological polar surface area (TPSA) is 25.8 Å². The highest BCUT2D eigenvalue weighted by atomic mass is 32.2. The van der Waals surface area contributed by atoms with Crippen LogP contribution in [0.5, 0.6) is 0 Å². The minimum atomic E-state index is -0.382. The molecule has 0 saturated carbocycles. The average Bonchev–Trinajstić information content (AvgIpc) is 3.46. The monoisotopic (exact) mass is 628 g/mol. The zero-order chi connectivity index (χ0) is 31.7. The summed E-state index contributed by atoms with van der Waals surface area (Å²) in [5, 5.41) is 1.06. The van der Waals surface area contributed by atoms with Crippen LogP contribution >= 0.6 is 11.8 Å². The summed E-state index contributed by atoms with van der Waals surface area (Å²) in [6.45, 7) is 0. The molecule has 3 heteroatoms. The number of aromatic nitrogens is 2. The fourth-order valence-electron chi connectivity index (χ4n) is 7.96. The van der Waals surface area contributed by atoms with E-state index in [1.54, 1.807) is 0 Å². The van der Waals surface area contributed by atoms with E-state index in [1.165, 1.54) is 54.3 Å². The van der Waals surface area contributed by atoms with E-state index in [9.17, 15) is 0 Å². The SMILES string of the molecule is c1ccc(-c2nc(-c3ccc(-c4cccc5c4-c4ccccc4C54c5ccccc5Sc5ccccc54)cc3)nc3ccccc23)cc1. The lowest BCUT2D eigenvalue weighted by Crippen LogP contribution is -2.31. The standard InChI is InChI=1S/C45H28N2S/c1-2-13-30(14-3-1)43-34-16-5-9-22-39(34)46-44(47-43)31-27-25-29(26-28-31)32-17-12-21-38-42(32)33-15-4-6-18-35(33)45(38)36-19-7-10-23-40(36)48-41-24-11-8-20-37(41)45/h1-28H. The Labute approximate surface area is 283 Å². The van der Waals surface area contributed by atoms with Gasteiger partial charge in [0.2, 0.25) is 0 Å². The molecule has 0 bridgehead atoms. The molecule has 2 heterocycles. The van der Waals surface area contributed by atoms with Gasteiger partial charge in [-0.05, 0) is 62.7 Å². The van der Waals surface area contributed by atoms with Gasteiger partial charge in [0.05, 0.1) is 16.6 Å². The molecule has 0 saturated heterocycles. The molecular weight excluding hydrogens is 601 g/mol. The van der Waals surface area contributed by atoms with Gasteiger partial charge in [0.1, 0.15) is 0 Å². The third-order valence-electron chi connectivity index (χ3n) is 9.98. The van der Waals surface area contributed by atoms with Crippen molar-refractivity contribution in [2.45, 2.75) is 15.2 Å². The van der Waals surface area contributed by atoms with Gasteiger partial charge in [0, 0.05) is 26.3 Å². The van der Waals surface area contributed by atoms with Crippen molar-refractivity contribution in [2.75, 3.05) is 0 Å². The molecule has 0 fully saturated rings. The smallest absolute Gasteiger partial charge is 0.160 e. The first-order valence-electron chi connectivity index (χ1n) is 16.3. The fraction of sp³-hybridized carbons (Fsp3) is 0.0222. The van der Waals surface area contributed by atoms with Crippen LogP contribution in [-0.4, -0.2) is 9.97 Å². The van der Waals surface area contributed by atoms with Crippen LogP contribution in [0.1, 0.15) is 22.3 Å². The molecule has 224 valence electrons. The van der Waals surface area contributed by atoms with Crippen LogP contribution in [-0.2, 0) is 5.41 Å². The van der Waals surface area contributed by atoms with Crippen molar-refractivity contribution < 1.29 is 0 Å². The van der Waals surface area contributed by atoms with E-state index in [-0.39, 0.29) is 5.41 Å². The van der Waals surface area contributed by atoms with Crippen LogP contribution in [0.3, 0.4) is 0 Å². The zero-order valence-corrected chi connectivity index (χ0v) is 26.8. The first-order valence-corrected chi connectivity index (χ1v) is 17.2. The Hall–Kier alpha value is -5.77. The Morgan fingerprint density at radius 2 is 0.979 bits per heavy atom. The Bertz CT molecular complexity index is 2490. The highest BCUT2D eigenvalue weighted by Gasteiger charge is 2.50. The van der Waals surface area contributed by atoms with Crippen LogP contribution in [0, 0.1) is 0 Å². The van der Waals surface area contributed by atoms with Crippen molar-refractivity contribution in [1.29, 1.82) is 0 Å². The Kier molecular flexibility index (Phi) is 6.06. The average molecular weight is 629 g/mol. The summed E-state index contributed by atoms with van der Waals surface area (Å²) in [5.74, 6) is 0.731. The molecule has 1 aromatic heterocycles. The number of rotatable bonds is 3. The Morgan fingerprint density at radius 1 is 0.396 bits per heavy atom. The summed E-state index contributed by atoms with van der Waals surface area (Å²) >= 11 is 1.88. The molecule has 0 radical (unpaired) electrons. The van der Waals surface area contributed by atoms with Gasteiger partial charge in [-0.1, -0.05) is 163 Å². The Morgan fingerprint density at radius 3 is 1.75 bits per heavy atom. The first kappa shape index (κ1) is 27.4. The van der Waals surface area contributed by atoms with Crippen molar-refractivity contribution in [3.8, 4) is 44.9 Å². The number of benzene rings is 7. The largest absolute Gasteiger partial charge is 0.228 e. The van der Waals surface area contributed by atoms with E-state index < -0.39 is 0 Å². The quantitative estimate of drug-likeness (QED) is 0.195. The number of hydrogen-bond donors (Lipinski definition) is 0. The van der Waals surface area contributed by atoms with Gasteiger partial charge in [-0.3, -0.25) is 0 Å². The second-order valence-electron chi connectivity index (χ2n) is 12.5. The summed E-state index contributed by atoms with van der Waals surface area (Å²) in [6, 6.07) is 61.3. The molecule has 48 heavy (non-hydrogen) atoms. The van der Waals surface area contributed by atoms with Crippen LogP contribution in [0.2, 0.25) is 0 Å². The molecule has 0 amide bonds. The highest BCUT2D eigenvalue weighted by molar-refractivity contribution is 7.99. The summed E-state index contributed by atoms with van der Waals surface area (Å²) in [4.78, 5) is 12.8. The van der Waals surface area contributed by atoms with E-state index in [0.717, 1.165) is 33.5 Å². The zero-order valence-electron chi connectivity index (χ0n) is 26.0. The first-order chi connectivity index (χ1) is 23.8. The second kappa shape index (κ2) is 10.6. The van der Waals surface area contributed by atoms with Gasteiger partial charge >= 0.3 is 0 Å². The van der Waals surface area contributed by atoms with Gasteiger partial charge < -0.3 is 0 Å². The normalized spacial score (nSPS) is 13.5. The maximum atomic E-state index is 5.12. The highest BCUT2D eigenvalue weighted by Crippen LogP contribution is 2.63. The number of nitrogens with zero attached hydrogens (tertiary/aromatic N) is 2. The second-order valence-corrected chi connectivity index (χ2v) is 13.6. The van der Waals surface area contributed by atoms with Crippen LogP contribution in [0.4, 0.5) is 0 Å². The third-order valence-corrected chi connectivity index (χ3v) is 11.1. The van der Waals surface area contributed by atoms with E-state index >= 15 is 0 Å². The predicted molar refractivity (Wildman–Crippen MR) is 197 cm³/mol. The molecule has 2 nitrogen and oxygen atoms in total. The van der Waals surface area contributed by atoms with Crippen molar-refractivity contribution >= 4 is 22.7 Å². The lowest BCUT2D eigenvalue weighted by Gasteiger charge is -2.39. The Balaban J connectivity index is 1.15. The molecule has 8 aromatic rings. The van der Waals surface area contributed by atoms with E-state index in [1.807, 2.05) is 23.9 Å².